The van der Waals surface area contributed by atoms with E-state index < -0.39 is 6.10 Å². The van der Waals surface area contributed by atoms with Crippen LogP contribution in [0.5, 0.6) is 0 Å². The van der Waals surface area contributed by atoms with Crippen LogP contribution in [0, 0.1) is 11.8 Å². The summed E-state index contributed by atoms with van der Waals surface area (Å²) in [6.07, 6.45) is 15.9. The molecule has 5 heteroatoms. The second-order valence-corrected chi connectivity index (χ2v) is 8.43. The van der Waals surface area contributed by atoms with Gasteiger partial charge in [0.2, 0.25) is 0 Å². The fourth-order valence-electron chi connectivity index (χ4n) is 4.40. The predicted octanol–water partition coefficient (Wildman–Crippen LogP) is 4.66. The summed E-state index contributed by atoms with van der Waals surface area (Å²) < 4.78 is 0. The van der Waals surface area contributed by atoms with Crippen molar-refractivity contribution in [2.75, 3.05) is 13.6 Å². The quantitative estimate of drug-likeness (QED) is 0.121. The number of aliphatic hydroxyl groups is 1. The standard InChI is InChI=1S/C26H41N3O2/c1-3-28-26(27-2)14-10-5-4-9-13-22-16-20-25(29-31)24(22)19-18-23(30)17-15-21-11-7-6-8-12-21/h4,6-9,11-12,18-19,22-25,29-31H,3,5,10,13-17,20H2,1-2H3,(H,27,28)/b9-4-,19-18+/t22-,23?,24+,25?/m0/s1. The zero-order chi connectivity index (χ0) is 22.3. The minimum Gasteiger partial charge on any atom is -0.389 e. The van der Waals surface area contributed by atoms with Crippen molar-refractivity contribution in [1.29, 1.82) is 0 Å². The van der Waals surface area contributed by atoms with Crippen LogP contribution in [-0.2, 0) is 6.42 Å². The zero-order valence-corrected chi connectivity index (χ0v) is 19.2. The average molecular weight is 428 g/mol. The minimum atomic E-state index is -0.456. The van der Waals surface area contributed by atoms with Crippen LogP contribution in [0.15, 0.2) is 59.6 Å². The van der Waals surface area contributed by atoms with Gasteiger partial charge in [-0.15, -0.1) is 0 Å². The molecule has 31 heavy (non-hydrogen) atoms. The number of unbranched alkanes of at least 4 members (excludes halogenated alkanes) is 1. The molecule has 2 rings (SSSR count). The van der Waals surface area contributed by atoms with Crippen molar-refractivity contribution in [3.8, 4) is 0 Å². The Kier molecular flexibility index (Phi) is 12.2. The van der Waals surface area contributed by atoms with Gasteiger partial charge in [0.15, 0.2) is 0 Å². The highest BCUT2D eigenvalue weighted by atomic mass is 16.5. The summed E-state index contributed by atoms with van der Waals surface area (Å²) in [4.78, 5) is 4.27. The lowest BCUT2D eigenvalue weighted by Crippen LogP contribution is -2.30. The van der Waals surface area contributed by atoms with E-state index in [1.807, 2.05) is 31.3 Å². The molecule has 0 aliphatic heterocycles. The first-order valence-electron chi connectivity index (χ1n) is 11.8. The molecule has 2 unspecified atom stereocenters. The Bertz CT molecular complexity index is 687. The highest BCUT2D eigenvalue weighted by Crippen LogP contribution is 2.36. The second kappa shape index (κ2) is 15.0. The van der Waals surface area contributed by atoms with Crippen LogP contribution in [-0.4, -0.2) is 41.9 Å². The van der Waals surface area contributed by atoms with E-state index in [0.29, 0.717) is 12.3 Å². The van der Waals surface area contributed by atoms with Crippen LogP contribution in [0.1, 0.15) is 57.4 Å². The maximum absolute atomic E-state index is 10.4. The Morgan fingerprint density at radius 1 is 1.23 bits per heavy atom. The van der Waals surface area contributed by atoms with Crippen LogP contribution in [0.3, 0.4) is 0 Å². The average Bonchev–Trinajstić information content (AvgIpc) is 3.20. The first kappa shape index (κ1) is 25.3. The Morgan fingerprint density at radius 3 is 2.74 bits per heavy atom. The molecule has 1 aromatic carbocycles. The third kappa shape index (κ3) is 9.38. The van der Waals surface area contributed by atoms with Crippen LogP contribution < -0.4 is 10.8 Å². The van der Waals surface area contributed by atoms with E-state index in [9.17, 15) is 10.3 Å². The fraction of sp³-hybridized carbons (Fsp3) is 0.577. The first-order valence-corrected chi connectivity index (χ1v) is 11.8. The number of aryl methyl sites for hydroxylation is 1. The molecule has 0 bridgehead atoms. The predicted molar refractivity (Wildman–Crippen MR) is 129 cm³/mol. The van der Waals surface area contributed by atoms with Crippen molar-refractivity contribution in [2.45, 2.75) is 70.4 Å². The molecule has 1 fully saturated rings. The van der Waals surface area contributed by atoms with Gasteiger partial charge in [-0.2, -0.15) is 0 Å². The smallest absolute Gasteiger partial charge is 0.0959 e. The van der Waals surface area contributed by atoms with Gasteiger partial charge >= 0.3 is 0 Å². The van der Waals surface area contributed by atoms with E-state index in [1.54, 1.807) is 0 Å². The van der Waals surface area contributed by atoms with Crippen molar-refractivity contribution in [2.24, 2.45) is 16.8 Å². The fourth-order valence-corrected chi connectivity index (χ4v) is 4.40. The van der Waals surface area contributed by atoms with Crippen molar-refractivity contribution in [3.05, 3.63) is 60.2 Å². The number of aliphatic hydroxyl groups excluding tert-OH is 1. The van der Waals surface area contributed by atoms with Crippen molar-refractivity contribution >= 4 is 5.84 Å². The van der Waals surface area contributed by atoms with Gasteiger partial charge in [0.05, 0.1) is 11.9 Å². The summed E-state index contributed by atoms with van der Waals surface area (Å²) in [7, 11) is 1.84. The number of rotatable bonds is 13. The number of hydrogen-bond donors (Lipinski definition) is 4. The lowest BCUT2D eigenvalue weighted by molar-refractivity contribution is 0.111. The van der Waals surface area contributed by atoms with E-state index >= 15 is 0 Å². The SMILES string of the molecule is CCNC(CCC/C=C\C[C@H]1CCC(NO)[C@@H]1/C=C/C(O)CCc1ccccc1)=NC. The van der Waals surface area contributed by atoms with Crippen molar-refractivity contribution in [1.82, 2.24) is 10.8 Å². The molecule has 0 saturated heterocycles. The molecule has 1 aliphatic carbocycles. The maximum atomic E-state index is 10.4. The molecule has 0 aromatic heterocycles. The number of aliphatic imine (C=N–C) groups is 1. The second-order valence-electron chi connectivity index (χ2n) is 8.43. The highest BCUT2D eigenvalue weighted by molar-refractivity contribution is 5.81. The van der Waals surface area contributed by atoms with Gasteiger partial charge < -0.3 is 15.6 Å². The van der Waals surface area contributed by atoms with Crippen LogP contribution in [0.2, 0.25) is 0 Å². The zero-order valence-electron chi connectivity index (χ0n) is 19.2. The Morgan fingerprint density at radius 2 is 2.03 bits per heavy atom. The van der Waals surface area contributed by atoms with Crippen LogP contribution in [0.25, 0.3) is 0 Å². The summed E-state index contributed by atoms with van der Waals surface area (Å²) in [6.45, 7) is 3.01. The molecule has 172 valence electrons. The van der Waals surface area contributed by atoms with E-state index in [1.165, 1.54) is 5.56 Å². The van der Waals surface area contributed by atoms with Gasteiger partial charge in [0.1, 0.15) is 0 Å². The summed E-state index contributed by atoms with van der Waals surface area (Å²) in [5.41, 5.74) is 3.74. The number of allylic oxidation sites excluding steroid dienone is 2. The molecule has 1 aromatic rings. The van der Waals surface area contributed by atoms with E-state index in [-0.39, 0.29) is 12.0 Å². The Hall–Kier alpha value is -1.95. The number of hydrogen-bond acceptors (Lipinski definition) is 4. The molecule has 0 spiro atoms. The van der Waals surface area contributed by atoms with Gasteiger partial charge in [0, 0.05) is 26.1 Å². The molecular weight excluding hydrogens is 386 g/mol. The third-order valence-corrected chi connectivity index (χ3v) is 6.19. The largest absolute Gasteiger partial charge is 0.389 e. The molecule has 1 aliphatic rings. The number of hydroxylamine groups is 1. The van der Waals surface area contributed by atoms with Gasteiger partial charge in [-0.05, 0) is 69.3 Å². The molecule has 4 N–H and O–H groups in total. The van der Waals surface area contributed by atoms with Gasteiger partial charge in [-0.25, -0.2) is 5.48 Å². The van der Waals surface area contributed by atoms with Crippen molar-refractivity contribution in [3.63, 3.8) is 0 Å². The first-order chi connectivity index (χ1) is 15.2. The van der Waals surface area contributed by atoms with Gasteiger partial charge in [-0.3, -0.25) is 4.99 Å². The summed E-state index contributed by atoms with van der Waals surface area (Å²) >= 11 is 0. The third-order valence-electron chi connectivity index (χ3n) is 6.19. The van der Waals surface area contributed by atoms with Gasteiger partial charge in [-0.1, -0.05) is 54.6 Å². The molecule has 0 amide bonds. The van der Waals surface area contributed by atoms with Crippen LogP contribution in [0.4, 0.5) is 0 Å². The monoisotopic (exact) mass is 427 g/mol. The lowest BCUT2D eigenvalue weighted by Gasteiger charge is -2.20. The summed E-state index contributed by atoms with van der Waals surface area (Å²) in [5, 5.41) is 23.2. The van der Waals surface area contributed by atoms with Crippen LogP contribution >= 0.6 is 0 Å². The van der Waals surface area contributed by atoms with E-state index in [2.05, 4.69) is 53.1 Å². The molecule has 0 radical (unpaired) electrons. The summed E-state index contributed by atoms with van der Waals surface area (Å²) in [5.74, 6) is 1.82. The number of amidine groups is 1. The number of benzene rings is 1. The molecule has 5 nitrogen and oxygen atoms in total. The number of nitrogens with one attached hydrogen (secondary N) is 2. The topological polar surface area (TPSA) is 76.9 Å². The number of nitrogens with zero attached hydrogens (tertiary/aromatic N) is 1. The van der Waals surface area contributed by atoms with E-state index in [0.717, 1.165) is 57.3 Å². The Labute approximate surface area is 188 Å². The molecule has 0 heterocycles. The van der Waals surface area contributed by atoms with Crippen molar-refractivity contribution < 1.29 is 10.3 Å². The molecule has 4 atom stereocenters. The van der Waals surface area contributed by atoms with Gasteiger partial charge in [0.25, 0.3) is 0 Å². The van der Waals surface area contributed by atoms with E-state index in [4.69, 9.17) is 0 Å². The normalized spacial score (nSPS) is 23.1. The minimum absolute atomic E-state index is 0.0689. The maximum Gasteiger partial charge on any atom is 0.0959 e. The molecule has 1 saturated carbocycles. The Balaban J connectivity index is 1.77. The molecular formula is C26H41N3O2. The summed E-state index contributed by atoms with van der Waals surface area (Å²) in [6, 6.07) is 10.3. The highest BCUT2D eigenvalue weighted by Gasteiger charge is 2.33. The lowest BCUT2D eigenvalue weighted by atomic mass is 9.89.